The third-order valence-corrected chi connectivity index (χ3v) is 6.93. The van der Waals surface area contributed by atoms with Gasteiger partial charge in [0, 0.05) is 45.7 Å². The SMILES string of the molecule is COc1ccc(-c2cnc3[nH]cc(-c4c(C)nn(Cc5cc(F)ccc5F)c4C)c3c2)cc1NS(C)(=O)=O. The molecule has 2 aromatic carbocycles. The van der Waals surface area contributed by atoms with Crippen molar-refractivity contribution in [1.82, 2.24) is 19.7 Å². The first kappa shape index (κ1) is 25.4. The molecule has 0 aliphatic carbocycles. The molecular formula is C27H25F2N5O3S. The Balaban J connectivity index is 1.57. The zero-order chi connectivity index (χ0) is 27.2. The minimum Gasteiger partial charge on any atom is -0.495 e. The van der Waals surface area contributed by atoms with Crippen LogP contribution in [0.5, 0.6) is 5.75 Å². The van der Waals surface area contributed by atoms with E-state index in [1.807, 2.05) is 32.2 Å². The Morgan fingerprint density at radius 2 is 1.87 bits per heavy atom. The van der Waals surface area contributed by atoms with Crippen LogP contribution in [0, 0.1) is 25.5 Å². The summed E-state index contributed by atoms with van der Waals surface area (Å²) in [6.07, 6.45) is 4.62. The standard InChI is InChI=1S/C27H25F2N5O3S/c1-15-26(16(2)34(32-15)14-19-9-20(28)6-7-23(19)29)22-13-31-27-21(22)10-18(12-30-27)17-5-8-25(37-3)24(11-17)33-38(4,35)36/h5-13,33H,14H2,1-4H3,(H,30,31). The molecule has 3 heterocycles. The van der Waals surface area contributed by atoms with Crippen molar-refractivity contribution in [3.05, 3.63) is 83.4 Å². The molecule has 3 aromatic heterocycles. The van der Waals surface area contributed by atoms with Gasteiger partial charge in [-0.05, 0) is 55.8 Å². The van der Waals surface area contributed by atoms with Gasteiger partial charge in [0.15, 0.2) is 0 Å². The average Bonchev–Trinajstić information content (AvgIpc) is 3.39. The summed E-state index contributed by atoms with van der Waals surface area (Å²) >= 11 is 0. The summed E-state index contributed by atoms with van der Waals surface area (Å²) in [6.45, 7) is 3.84. The number of nitrogens with zero attached hydrogens (tertiary/aromatic N) is 3. The number of ether oxygens (including phenoxy) is 1. The first-order chi connectivity index (χ1) is 18.0. The maximum absolute atomic E-state index is 14.3. The molecule has 0 spiro atoms. The second-order valence-electron chi connectivity index (χ2n) is 9.05. The second-order valence-corrected chi connectivity index (χ2v) is 10.8. The molecule has 0 aliphatic heterocycles. The number of rotatable bonds is 7. The number of hydrogen-bond donors (Lipinski definition) is 2. The molecule has 2 N–H and O–H groups in total. The monoisotopic (exact) mass is 537 g/mol. The van der Waals surface area contributed by atoms with Crippen LogP contribution in [0.15, 0.2) is 54.9 Å². The summed E-state index contributed by atoms with van der Waals surface area (Å²) in [7, 11) is -2.05. The molecule has 0 aliphatic rings. The summed E-state index contributed by atoms with van der Waals surface area (Å²) in [4.78, 5) is 7.75. The Bertz CT molecular complexity index is 1790. The van der Waals surface area contributed by atoms with Gasteiger partial charge in [0.2, 0.25) is 10.0 Å². The van der Waals surface area contributed by atoms with E-state index in [4.69, 9.17) is 4.74 Å². The van der Waals surface area contributed by atoms with E-state index in [1.54, 1.807) is 23.0 Å². The molecule has 5 aromatic rings. The van der Waals surface area contributed by atoms with Crippen LogP contribution in [-0.2, 0) is 16.6 Å². The molecule has 196 valence electrons. The predicted molar refractivity (Wildman–Crippen MR) is 143 cm³/mol. The van der Waals surface area contributed by atoms with Gasteiger partial charge < -0.3 is 9.72 Å². The molecular weight excluding hydrogens is 512 g/mol. The average molecular weight is 538 g/mol. The van der Waals surface area contributed by atoms with Crippen molar-refractivity contribution in [3.63, 3.8) is 0 Å². The van der Waals surface area contributed by atoms with E-state index in [0.29, 0.717) is 17.1 Å². The number of anilines is 1. The Morgan fingerprint density at radius 3 is 2.61 bits per heavy atom. The lowest BCUT2D eigenvalue weighted by Crippen LogP contribution is -2.10. The highest BCUT2D eigenvalue weighted by molar-refractivity contribution is 7.92. The lowest BCUT2D eigenvalue weighted by molar-refractivity contribution is 0.417. The molecule has 38 heavy (non-hydrogen) atoms. The van der Waals surface area contributed by atoms with Crippen LogP contribution in [0.25, 0.3) is 33.3 Å². The number of H-pyrrole nitrogens is 1. The Kier molecular flexibility index (Phi) is 6.39. The predicted octanol–water partition coefficient (Wildman–Crippen LogP) is 5.42. The first-order valence-corrected chi connectivity index (χ1v) is 13.5. The molecule has 11 heteroatoms. The molecule has 0 saturated carbocycles. The van der Waals surface area contributed by atoms with Crippen molar-refractivity contribution in [2.75, 3.05) is 18.1 Å². The lowest BCUT2D eigenvalue weighted by Gasteiger charge is -2.12. The number of nitrogens with one attached hydrogen (secondary N) is 2. The van der Waals surface area contributed by atoms with Gasteiger partial charge in [-0.1, -0.05) is 6.07 Å². The van der Waals surface area contributed by atoms with Crippen molar-refractivity contribution >= 4 is 26.7 Å². The van der Waals surface area contributed by atoms with Crippen LogP contribution in [0.3, 0.4) is 0 Å². The largest absolute Gasteiger partial charge is 0.495 e. The highest BCUT2D eigenvalue weighted by atomic mass is 32.2. The quantitative estimate of drug-likeness (QED) is 0.289. The van der Waals surface area contributed by atoms with Gasteiger partial charge >= 0.3 is 0 Å². The number of aromatic amines is 1. The van der Waals surface area contributed by atoms with Gasteiger partial charge in [-0.25, -0.2) is 22.2 Å². The Hall–Kier alpha value is -4.25. The van der Waals surface area contributed by atoms with Crippen molar-refractivity contribution in [3.8, 4) is 28.0 Å². The molecule has 8 nitrogen and oxygen atoms in total. The topological polar surface area (TPSA) is 102 Å². The normalized spacial score (nSPS) is 11.7. The van der Waals surface area contributed by atoms with E-state index in [9.17, 15) is 17.2 Å². The van der Waals surface area contributed by atoms with Crippen LogP contribution in [-0.4, -0.2) is 41.5 Å². The second kappa shape index (κ2) is 9.56. The molecule has 0 saturated heterocycles. The highest BCUT2D eigenvalue weighted by Crippen LogP contribution is 2.36. The summed E-state index contributed by atoms with van der Waals surface area (Å²) in [6, 6.07) is 10.5. The zero-order valence-electron chi connectivity index (χ0n) is 21.1. The van der Waals surface area contributed by atoms with Crippen LogP contribution in [0.4, 0.5) is 14.5 Å². The van der Waals surface area contributed by atoms with Gasteiger partial charge in [-0.3, -0.25) is 9.40 Å². The maximum atomic E-state index is 14.3. The first-order valence-electron chi connectivity index (χ1n) is 11.7. The number of aryl methyl sites for hydroxylation is 1. The summed E-state index contributed by atoms with van der Waals surface area (Å²) in [5.74, 6) is -0.610. The van der Waals surface area contributed by atoms with Gasteiger partial charge in [-0.15, -0.1) is 0 Å². The fourth-order valence-corrected chi connectivity index (χ4v) is 5.16. The number of pyridine rings is 1. The number of sulfonamides is 1. The van der Waals surface area contributed by atoms with Gasteiger partial charge in [0.25, 0.3) is 0 Å². The summed E-state index contributed by atoms with van der Waals surface area (Å²) in [5.41, 5.74) is 5.94. The minimum absolute atomic E-state index is 0.0874. The third kappa shape index (κ3) is 4.84. The minimum atomic E-state index is -3.52. The molecule has 0 fully saturated rings. The molecule has 0 bridgehead atoms. The summed E-state index contributed by atoms with van der Waals surface area (Å²) < 4.78 is 61.1. The van der Waals surface area contributed by atoms with E-state index in [1.165, 1.54) is 13.2 Å². The maximum Gasteiger partial charge on any atom is 0.229 e. The molecule has 0 unspecified atom stereocenters. The van der Waals surface area contributed by atoms with Crippen molar-refractivity contribution in [1.29, 1.82) is 0 Å². The molecule has 0 atom stereocenters. The van der Waals surface area contributed by atoms with Crippen LogP contribution in [0.1, 0.15) is 17.0 Å². The Labute approximate surface area is 218 Å². The van der Waals surface area contributed by atoms with E-state index in [2.05, 4.69) is 19.8 Å². The van der Waals surface area contributed by atoms with Crippen LogP contribution >= 0.6 is 0 Å². The van der Waals surface area contributed by atoms with Gasteiger partial charge in [-0.2, -0.15) is 5.10 Å². The fourth-order valence-electron chi connectivity index (χ4n) is 4.60. The van der Waals surface area contributed by atoms with Crippen molar-refractivity contribution in [2.24, 2.45) is 0 Å². The number of halogens is 2. The Morgan fingerprint density at radius 1 is 1.08 bits per heavy atom. The van der Waals surface area contributed by atoms with E-state index < -0.39 is 21.7 Å². The van der Waals surface area contributed by atoms with Crippen LogP contribution < -0.4 is 9.46 Å². The molecule has 0 amide bonds. The van der Waals surface area contributed by atoms with E-state index in [0.717, 1.165) is 57.4 Å². The lowest BCUT2D eigenvalue weighted by atomic mass is 10.0. The molecule has 0 radical (unpaired) electrons. The molecule has 5 rings (SSSR count). The fraction of sp³-hybridized carbons (Fsp3) is 0.185. The van der Waals surface area contributed by atoms with Crippen LogP contribution in [0.2, 0.25) is 0 Å². The summed E-state index contributed by atoms with van der Waals surface area (Å²) in [5, 5.41) is 5.43. The smallest absolute Gasteiger partial charge is 0.229 e. The third-order valence-electron chi connectivity index (χ3n) is 6.34. The highest BCUT2D eigenvalue weighted by Gasteiger charge is 2.19. The van der Waals surface area contributed by atoms with Crippen molar-refractivity contribution in [2.45, 2.75) is 20.4 Å². The number of fused-ring (bicyclic) bond motifs is 1. The number of aromatic nitrogens is 4. The van der Waals surface area contributed by atoms with Gasteiger partial charge in [0.1, 0.15) is 23.0 Å². The zero-order valence-corrected chi connectivity index (χ0v) is 22.0. The number of benzene rings is 2. The van der Waals surface area contributed by atoms with E-state index in [-0.39, 0.29) is 12.1 Å². The van der Waals surface area contributed by atoms with E-state index >= 15 is 0 Å². The number of methoxy groups -OCH3 is 1. The number of hydrogen-bond acceptors (Lipinski definition) is 5. The van der Waals surface area contributed by atoms with Crippen molar-refractivity contribution < 1.29 is 21.9 Å². The van der Waals surface area contributed by atoms with Gasteiger partial charge in [0.05, 0.1) is 31.3 Å².